The minimum absolute atomic E-state index is 0.195. The fourth-order valence-corrected chi connectivity index (χ4v) is 2.60. The maximum Gasteiger partial charge on any atom is 0.320 e. The van der Waals surface area contributed by atoms with Crippen LogP contribution >= 0.6 is 0 Å². The maximum atomic E-state index is 13.6. The molecule has 3 aromatic rings. The Hall–Kier alpha value is -3.62. The highest BCUT2D eigenvalue weighted by atomic mass is 19.1. The van der Waals surface area contributed by atoms with Crippen molar-refractivity contribution < 1.29 is 18.0 Å². The number of halogens is 3. The van der Waals surface area contributed by atoms with Crippen LogP contribution in [-0.2, 0) is 11.3 Å². The summed E-state index contributed by atoms with van der Waals surface area (Å²) >= 11 is 0. The quantitative estimate of drug-likeness (QED) is 0.697. The van der Waals surface area contributed by atoms with Crippen molar-refractivity contribution in [2.75, 3.05) is 5.32 Å². The van der Waals surface area contributed by atoms with Crippen molar-refractivity contribution in [3.05, 3.63) is 92.5 Å². The number of nitrogens with zero attached hydrogens (tertiary/aromatic N) is 2. The van der Waals surface area contributed by atoms with Crippen LogP contribution in [0.2, 0.25) is 0 Å². The second-order valence-corrected chi connectivity index (χ2v) is 6.01. The summed E-state index contributed by atoms with van der Waals surface area (Å²) in [6.45, 7) is 1.06. The van der Waals surface area contributed by atoms with E-state index in [4.69, 9.17) is 0 Å². The number of amides is 1. The molecule has 6 nitrogen and oxygen atoms in total. The first-order chi connectivity index (χ1) is 13.3. The molecule has 0 saturated heterocycles. The van der Waals surface area contributed by atoms with Gasteiger partial charge < -0.3 is 5.32 Å². The zero-order valence-corrected chi connectivity index (χ0v) is 14.6. The Bertz CT molecular complexity index is 1190. The molecule has 0 bridgehead atoms. The van der Waals surface area contributed by atoms with Crippen LogP contribution in [0.4, 0.5) is 18.9 Å². The van der Waals surface area contributed by atoms with Crippen LogP contribution in [0.1, 0.15) is 5.56 Å². The first kappa shape index (κ1) is 19.2. The average molecular weight is 389 g/mol. The van der Waals surface area contributed by atoms with Crippen molar-refractivity contribution in [2.45, 2.75) is 13.5 Å². The van der Waals surface area contributed by atoms with Gasteiger partial charge in [0.2, 0.25) is 5.91 Å². The van der Waals surface area contributed by atoms with E-state index in [-0.39, 0.29) is 11.4 Å². The zero-order valence-electron chi connectivity index (χ0n) is 14.6. The van der Waals surface area contributed by atoms with Gasteiger partial charge in [-0.15, -0.1) is 0 Å². The van der Waals surface area contributed by atoms with Crippen molar-refractivity contribution in [3.63, 3.8) is 0 Å². The largest absolute Gasteiger partial charge is 0.322 e. The van der Waals surface area contributed by atoms with Crippen LogP contribution in [0.25, 0.3) is 5.69 Å². The van der Waals surface area contributed by atoms with Crippen molar-refractivity contribution >= 4 is 11.6 Å². The van der Waals surface area contributed by atoms with Crippen LogP contribution in [0.5, 0.6) is 0 Å². The second kappa shape index (κ2) is 7.55. The molecule has 0 atom stereocenters. The van der Waals surface area contributed by atoms with E-state index in [2.05, 4.69) is 5.32 Å². The van der Waals surface area contributed by atoms with Crippen molar-refractivity contribution in [1.29, 1.82) is 0 Å². The number of nitrogens with one attached hydrogen (secondary N) is 1. The topological polar surface area (TPSA) is 73.1 Å². The monoisotopic (exact) mass is 389 g/mol. The Balaban J connectivity index is 1.88. The molecular formula is C19H14F3N3O3. The molecule has 1 N–H and O–H groups in total. The average Bonchev–Trinajstić information content (AvgIpc) is 2.64. The normalized spacial score (nSPS) is 10.7. The number of anilines is 1. The molecule has 2 aromatic carbocycles. The van der Waals surface area contributed by atoms with Gasteiger partial charge in [0.15, 0.2) is 0 Å². The van der Waals surface area contributed by atoms with Crippen molar-refractivity contribution in [3.8, 4) is 5.69 Å². The van der Waals surface area contributed by atoms with E-state index in [0.29, 0.717) is 5.56 Å². The van der Waals surface area contributed by atoms with Gasteiger partial charge in [0, 0.05) is 18.5 Å². The number of carbonyl (C=O) groups excluding carboxylic acids is 1. The summed E-state index contributed by atoms with van der Waals surface area (Å²) in [5.74, 6) is -3.00. The van der Waals surface area contributed by atoms with Gasteiger partial charge in [-0.1, -0.05) is 6.07 Å². The molecule has 0 aliphatic carbocycles. The molecule has 0 saturated carbocycles. The third-order valence-corrected chi connectivity index (χ3v) is 4.01. The molecule has 1 amide bonds. The smallest absolute Gasteiger partial charge is 0.320 e. The van der Waals surface area contributed by atoms with Crippen LogP contribution in [0, 0.1) is 24.4 Å². The number of hydrogen-bond acceptors (Lipinski definition) is 3. The predicted octanol–water partition coefficient (Wildman–Crippen LogP) is 2.36. The lowest BCUT2D eigenvalue weighted by molar-refractivity contribution is -0.116. The maximum absolute atomic E-state index is 13.6. The number of aryl methyl sites for hydroxylation is 1. The first-order valence-corrected chi connectivity index (χ1v) is 8.10. The lowest BCUT2D eigenvalue weighted by atomic mass is 10.2. The van der Waals surface area contributed by atoms with E-state index in [1.165, 1.54) is 24.5 Å². The number of rotatable bonds is 4. The minimum Gasteiger partial charge on any atom is -0.322 e. The first-order valence-electron chi connectivity index (χ1n) is 8.10. The van der Waals surface area contributed by atoms with Gasteiger partial charge in [-0.3, -0.25) is 23.5 Å². The van der Waals surface area contributed by atoms with E-state index in [1.807, 2.05) is 0 Å². The molecule has 28 heavy (non-hydrogen) atoms. The van der Waals surface area contributed by atoms with Gasteiger partial charge >= 0.3 is 11.1 Å². The van der Waals surface area contributed by atoms with Gasteiger partial charge in [0.1, 0.15) is 24.0 Å². The number of aromatic nitrogens is 2. The van der Waals surface area contributed by atoms with Crippen LogP contribution in [-0.4, -0.2) is 15.0 Å². The van der Waals surface area contributed by atoms with E-state index in [0.717, 1.165) is 33.4 Å². The lowest BCUT2D eigenvalue weighted by Gasteiger charge is -2.11. The third kappa shape index (κ3) is 3.88. The number of benzene rings is 2. The van der Waals surface area contributed by atoms with Gasteiger partial charge in [-0.2, -0.15) is 0 Å². The van der Waals surface area contributed by atoms with Gasteiger partial charge in [0.25, 0.3) is 0 Å². The summed E-state index contributed by atoms with van der Waals surface area (Å²) in [4.78, 5) is 36.7. The molecule has 0 radical (unpaired) electrons. The highest BCUT2D eigenvalue weighted by Crippen LogP contribution is 2.15. The Morgan fingerprint density at radius 2 is 1.64 bits per heavy atom. The van der Waals surface area contributed by atoms with Crippen LogP contribution in [0.15, 0.2) is 58.4 Å². The summed E-state index contributed by atoms with van der Waals surface area (Å²) in [7, 11) is 0. The van der Waals surface area contributed by atoms with Crippen LogP contribution < -0.4 is 16.4 Å². The van der Waals surface area contributed by atoms with Gasteiger partial charge in [-0.25, -0.2) is 13.2 Å². The Kier molecular flexibility index (Phi) is 5.16. The molecule has 3 rings (SSSR count). The molecule has 0 spiro atoms. The van der Waals surface area contributed by atoms with Crippen LogP contribution in [0.3, 0.4) is 0 Å². The highest BCUT2D eigenvalue weighted by molar-refractivity contribution is 5.90. The number of carbonyl (C=O) groups is 1. The lowest BCUT2D eigenvalue weighted by Crippen LogP contribution is -2.41. The van der Waals surface area contributed by atoms with E-state index in [9.17, 15) is 27.6 Å². The van der Waals surface area contributed by atoms with Gasteiger partial charge in [-0.05, 0) is 36.8 Å². The fourth-order valence-electron chi connectivity index (χ4n) is 2.60. The van der Waals surface area contributed by atoms with Crippen molar-refractivity contribution in [2.24, 2.45) is 0 Å². The van der Waals surface area contributed by atoms with E-state index >= 15 is 0 Å². The molecular weight excluding hydrogens is 375 g/mol. The summed E-state index contributed by atoms with van der Waals surface area (Å²) in [5, 5.41) is 2.14. The van der Waals surface area contributed by atoms with Gasteiger partial charge in [0.05, 0.1) is 11.4 Å². The molecule has 0 fully saturated rings. The third-order valence-electron chi connectivity index (χ3n) is 4.01. The molecule has 0 aliphatic heterocycles. The standard InChI is InChI=1S/C19H14F3N3O3/c1-11-2-3-13(21)9-16(11)25-7-6-24(18(27)19(25)28)10-17(26)23-15-8-12(20)4-5-14(15)22/h2-9H,10H2,1H3,(H,23,26). The summed E-state index contributed by atoms with van der Waals surface area (Å²) in [5.41, 5.74) is -1.63. The van der Waals surface area contributed by atoms with E-state index < -0.39 is 41.0 Å². The fraction of sp³-hybridized carbons (Fsp3) is 0.105. The summed E-state index contributed by atoms with van der Waals surface area (Å²) < 4.78 is 42.0. The highest BCUT2D eigenvalue weighted by Gasteiger charge is 2.13. The summed E-state index contributed by atoms with van der Waals surface area (Å²) in [6.07, 6.45) is 2.40. The molecule has 144 valence electrons. The molecule has 9 heteroatoms. The molecule has 1 aromatic heterocycles. The van der Waals surface area contributed by atoms with E-state index in [1.54, 1.807) is 6.92 Å². The second-order valence-electron chi connectivity index (χ2n) is 6.01. The predicted molar refractivity (Wildman–Crippen MR) is 96.0 cm³/mol. The molecule has 0 unspecified atom stereocenters. The van der Waals surface area contributed by atoms with Crippen molar-refractivity contribution in [1.82, 2.24) is 9.13 Å². The summed E-state index contributed by atoms with van der Waals surface area (Å²) in [6, 6.07) is 6.33. The molecule has 0 aliphatic rings. The number of hydrogen-bond donors (Lipinski definition) is 1. The minimum atomic E-state index is -1.03. The molecule has 1 heterocycles. The Labute approximate surface area is 156 Å². The Morgan fingerprint density at radius 1 is 0.964 bits per heavy atom. The zero-order chi connectivity index (χ0) is 20.4. The SMILES string of the molecule is Cc1ccc(F)cc1-n1ccn(CC(=O)Nc2cc(F)ccc2F)c(=O)c1=O. The Morgan fingerprint density at radius 3 is 2.39 bits per heavy atom.